The van der Waals surface area contributed by atoms with E-state index in [2.05, 4.69) is 15.2 Å². The lowest BCUT2D eigenvalue weighted by atomic mass is 10.2. The molecule has 2 aromatic carbocycles. The Bertz CT molecular complexity index is 1090. The number of benzene rings is 2. The molecule has 2 N–H and O–H groups in total. The summed E-state index contributed by atoms with van der Waals surface area (Å²) in [6.45, 7) is 4.29. The average molecular weight is 437 g/mol. The van der Waals surface area contributed by atoms with Crippen molar-refractivity contribution in [1.29, 1.82) is 0 Å². The average Bonchev–Trinajstić information content (AvgIpc) is 3.27. The number of hydrogen-bond donors (Lipinski definition) is 2. The van der Waals surface area contributed by atoms with E-state index in [0.717, 1.165) is 10.9 Å². The van der Waals surface area contributed by atoms with Crippen molar-refractivity contribution in [3.8, 4) is 11.5 Å². The number of amides is 2. The molecular weight excluding hydrogens is 408 g/mol. The van der Waals surface area contributed by atoms with Crippen LogP contribution in [0.1, 0.15) is 17.4 Å². The van der Waals surface area contributed by atoms with E-state index in [4.69, 9.17) is 9.47 Å². The van der Waals surface area contributed by atoms with E-state index in [1.165, 1.54) is 0 Å². The number of carbonyl (C=O) groups excluding carboxylic acids is 2. The zero-order chi connectivity index (χ0) is 22.7. The van der Waals surface area contributed by atoms with Gasteiger partial charge >= 0.3 is 0 Å². The highest BCUT2D eigenvalue weighted by atomic mass is 16.5. The number of aromatic amines is 1. The Morgan fingerprint density at radius 3 is 2.38 bits per heavy atom. The van der Waals surface area contributed by atoms with Crippen LogP contribution in [0.3, 0.4) is 0 Å². The first-order chi connectivity index (χ1) is 15.5. The van der Waals surface area contributed by atoms with Crippen LogP contribution in [0, 0.1) is 0 Å². The number of rotatable bonds is 6. The van der Waals surface area contributed by atoms with Crippen molar-refractivity contribution in [3.63, 3.8) is 0 Å². The summed E-state index contributed by atoms with van der Waals surface area (Å²) < 4.78 is 10.5. The molecule has 1 aliphatic heterocycles. The van der Waals surface area contributed by atoms with Crippen LogP contribution in [0.2, 0.25) is 0 Å². The lowest BCUT2D eigenvalue weighted by molar-refractivity contribution is -0.121. The van der Waals surface area contributed by atoms with Crippen LogP contribution in [0.15, 0.2) is 48.5 Å². The summed E-state index contributed by atoms with van der Waals surface area (Å²) in [6.07, 6.45) is 0. The van der Waals surface area contributed by atoms with Crippen LogP contribution >= 0.6 is 0 Å². The molecule has 2 heterocycles. The fourth-order valence-electron chi connectivity index (χ4n) is 4.00. The van der Waals surface area contributed by atoms with E-state index in [0.29, 0.717) is 49.1 Å². The molecule has 1 fully saturated rings. The summed E-state index contributed by atoms with van der Waals surface area (Å²) in [5.74, 6) is 1.05. The van der Waals surface area contributed by atoms with Gasteiger partial charge in [-0.15, -0.1) is 0 Å². The first-order valence-corrected chi connectivity index (χ1v) is 10.6. The number of nitrogens with one attached hydrogen (secondary N) is 2. The summed E-state index contributed by atoms with van der Waals surface area (Å²) in [5, 5.41) is 3.96. The van der Waals surface area contributed by atoms with E-state index in [-0.39, 0.29) is 17.9 Å². The first kappa shape index (κ1) is 21.7. The minimum Gasteiger partial charge on any atom is -0.493 e. The molecule has 1 unspecified atom stereocenters. The van der Waals surface area contributed by atoms with Gasteiger partial charge in [0.1, 0.15) is 5.69 Å². The van der Waals surface area contributed by atoms with Crippen molar-refractivity contribution in [2.45, 2.75) is 13.0 Å². The number of para-hydroxylation sites is 1. The van der Waals surface area contributed by atoms with Gasteiger partial charge in [0.15, 0.2) is 11.5 Å². The Morgan fingerprint density at radius 1 is 0.969 bits per heavy atom. The van der Waals surface area contributed by atoms with Crippen molar-refractivity contribution in [2.24, 2.45) is 0 Å². The molecule has 2 amide bonds. The van der Waals surface area contributed by atoms with Gasteiger partial charge in [-0.3, -0.25) is 14.5 Å². The fraction of sp³-hybridized carbons (Fsp3) is 0.333. The minimum atomic E-state index is -0.326. The lowest BCUT2D eigenvalue weighted by Crippen LogP contribution is -2.54. The zero-order valence-electron chi connectivity index (χ0n) is 18.6. The van der Waals surface area contributed by atoms with E-state index >= 15 is 0 Å². The topological polar surface area (TPSA) is 86.9 Å². The minimum absolute atomic E-state index is 0.0108. The van der Waals surface area contributed by atoms with Gasteiger partial charge in [0.25, 0.3) is 5.91 Å². The van der Waals surface area contributed by atoms with Crippen molar-refractivity contribution >= 4 is 28.4 Å². The summed E-state index contributed by atoms with van der Waals surface area (Å²) in [7, 11) is 3.13. The number of nitrogens with zero attached hydrogens (tertiary/aromatic N) is 2. The molecule has 1 saturated heterocycles. The first-order valence-electron chi connectivity index (χ1n) is 10.6. The summed E-state index contributed by atoms with van der Waals surface area (Å²) in [6, 6.07) is 14.7. The third-order valence-electron chi connectivity index (χ3n) is 5.94. The van der Waals surface area contributed by atoms with Gasteiger partial charge in [0.2, 0.25) is 5.91 Å². The standard InChI is InChI=1S/C24H28N4O4/c1-16(23(29)25-18-8-9-21(31-2)22(15-18)32-3)27-10-12-28(13-11-27)24(30)20-14-17-6-4-5-7-19(17)26-20/h4-9,14-16,26H,10-13H2,1-3H3,(H,25,29). The monoisotopic (exact) mass is 436 g/mol. The molecule has 0 bridgehead atoms. The van der Waals surface area contributed by atoms with Gasteiger partial charge in [-0.05, 0) is 31.2 Å². The molecule has 4 rings (SSSR count). The molecule has 0 radical (unpaired) electrons. The van der Waals surface area contributed by atoms with E-state index in [1.54, 1.807) is 32.4 Å². The highest BCUT2D eigenvalue weighted by molar-refractivity contribution is 5.98. The van der Waals surface area contributed by atoms with Crippen LogP contribution in [-0.2, 0) is 4.79 Å². The molecule has 32 heavy (non-hydrogen) atoms. The Balaban J connectivity index is 1.34. The van der Waals surface area contributed by atoms with Crippen molar-refractivity contribution in [2.75, 3.05) is 45.7 Å². The second-order valence-electron chi connectivity index (χ2n) is 7.83. The molecule has 8 heteroatoms. The molecule has 1 aliphatic rings. The second-order valence-corrected chi connectivity index (χ2v) is 7.83. The summed E-state index contributed by atoms with van der Waals surface area (Å²) in [4.78, 5) is 32.8. The second kappa shape index (κ2) is 9.32. The number of methoxy groups -OCH3 is 2. The third kappa shape index (κ3) is 4.40. The Hall–Kier alpha value is -3.52. The predicted molar refractivity (Wildman–Crippen MR) is 123 cm³/mol. The zero-order valence-corrected chi connectivity index (χ0v) is 18.6. The van der Waals surface area contributed by atoms with Gasteiger partial charge in [-0.1, -0.05) is 18.2 Å². The SMILES string of the molecule is COc1ccc(NC(=O)C(C)N2CCN(C(=O)c3cc4ccccc4[nH]3)CC2)cc1OC. The number of piperazine rings is 1. The van der Waals surface area contributed by atoms with Crippen LogP contribution in [0.4, 0.5) is 5.69 Å². The molecule has 3 aromatic rings. The lowest BCUT2D eigenvalue weighted by Gasteiger charge is -2.37. The molecule has 8 nitrogen and oxygen atoms in total. The van der Waals surface area contributed by atoms with Crippen LogP contribution in [0.25, 0.3) is 10.9 Å². The number of aromatic nitrogens is 1. The maximum atomic E-state index is 12.9. The molecule has 168 valence electrons. The van der Waals surface area contributed by atoms with Crippen LogP contribution in [-0.4, -0.2) is 73.0 Å². The van der Waals surface area contributed by atoms with Gasteiger partial charge in [0.05, 0.1) is 20.3 Å². The Morgan fingerprint density at radius 2 is 1.69 bits per heavy atom. The normalized spacial score (nSPS) is 15.4. The van der Waals surface area contributed by atoms with Gasteiger partial charge in [0, 0.05) is 48.8 Å². The summed E-state index contributed by atoms with van der Waals surface area (Å²) in [5.41, 5.74) is 2.20. The van der Waals surface area contributed by atoms with Crippen LogP contribution < -0.4 is 14.8 Å². The van der Waals surface area contributed by atoms with E-state index < -0.39 is 0 Å². The van der Waals surface area contributed by atoms with Crippen molar-refractivity contribution < 1.29 is 19.1 Å². The quantitative estimate of drug-likeness (QED) is 0.620. The number of carbonyl (C=O) groups is 2. The molecular formula is C24H28N4O4. The van der Waals surface area contributed by atoms with Gasteiger partial charge < -0.3 is 24.7 Å². The van der Waals surface area contributed by atoms with Crippen LogP contribution in [0.5, 0.6) is 11.5 Å². The maximum Gasteiger partial charge on any atom is 0.270 e. The highest BCUT2D eigenvalue weighted by Gasteiger charge is 2.28. The Labute approximate surface area is 187 Å². The molecule has 1 atom stereocenters. The molecule has 0 spiro atoms. The highest BCUT2D eigenvalue weighted by Crippen LogP contribution is 2.30. The van der Waals surface area contributed by atoms with Gasteiger partial charge in [-0.2, -0.15) is 0 Å². The Kier molecular flexibility index (Phi) is 6.32. The van der Waals surface area contributed by atoms with E-state index in [1.807, 2.05) is 42.2 Å². The molecule has 0 saturated carbocycles. The van der Waals surface area contributed by atoms with Crippen molar-refractivity contribution in [1.82, 2.24) is 14.8 Å². The number of anilines is 1. The van der Waals surface area contributed by atoms with Crippen molar-refractivity contribution in [3.05, 3.63) is 54.2 Å². The number of hydrogen-bond acceptors (Lipinski definition) is 5. The summed E-state index contributed by atoms with van der Waals surface area (Å²) >= 11 is 0. The third-order valence-corrected chi connectivity index (χ3v) is 5.94. The molecule has 0 aliphatic carbocycles. The predicted octanol–water partition coefficient (Wildman–Crippen LogP) is 2.97. The largest absolute Gasteiger partial charge is 0.493 e. The smallest absolute Gasteiger partial charge is 0.270 e. The maximum absolute atomic E-state index is 12.9. The van der Waals surface area contributed by atoms with Gasteiger partial charge in [-0.25, -0.2) is 0 Å². The number of H-pyrrole nitrogens is 1. The number of ether oxygens (including phenoxy) is 2. The van der Waals surface area contributed by atoms with E-state index in [9.17, 15) is 9.59 Å². The molecule has 1 aromatic heterocycles. The fourth-order valence-corrected chi connectivity index (χ4v) is 4.00. The number of fused-ring (bicyclic) bond motifs is 1.